The van der Waals surface area contributed by atoms with Crippen LogP contribution >= 0.6 is 11.6 Å². The van der Waals surface area contributed by atoms with Gasteiger partial charge in [0.25, 0.3) is 0 Å². The van der Waals surface area contributed by atoms with E-state index in [2.05, 4.69) is 27.5 Å². The van der Waals surface area contributed by atoms with Gasteiger partial charge in [-0.3, -0.25) is 10.1 Å². The van der Waals surface area contributed by atoms with Crippen molar-refractivity contribution in [3.8, 4) is 0 Å². The van der Waals surface area contributed by atoms with Gasteiger partial charge in [0.05, 0.1) is 4.92 Å². The van der Waals surface area contributed by atoms with Crippen LogP contribution < -0.4 is 10.6 Å². The van der Waals surface area contributed by atoms with Crippen LogP contribution in [0.2, 0.25) is 5.02 Å². The molecule has 0 aliphatic rings. The Hall–Kier alpha value is -3.19. The number of hydrogen-bond acceptors (Lipinski definition) is 6. The molecule has 0 spiro atoms. The number of nitrogens with one attached hydrogen (secondary N) is 2. The third-order valence-electron chi connectivity index (χ3n) is 3.72. The predicted molar refractivity (Wildman–Crippen MR) is 103 cm³/mol. The zero-order chi connectivity index (χ0) is 18.5. The van der Waals surface area contributed by atoms with Gasteiger partial charge in [0.2, 0.25) is 11.6 Å². The minimum absolute atomic E-state index is 0.0833. The van der Waals surface area contributed by atoms with E-state index >= 15 is 0 Å². The van der Waals surface area contributed by atoms with Crippen molar-refractivity contribution in [2.45, 2.75) is 13.3 Å². The van der Waals surface area contributed by atoms with Crippen LogP contribution in [0.25, 0.3) is 0 Å². The van der Waals surface area contributed by atoms with Crippen LogP contribution in [0.1, 0.15) is 12.5 Å². The number of hydrogen-bond donors (Lipinski definition) is 2. The highest BCUT2D eigenvalue weighted by Gasteiger charge is 2.23. The van der Waals surface area contributed by atoms with Gasteiger partial charge in [-0.15, -0.1) is 0 Å². The van der Waals surface area contributed by atoms with Crippen molar-refractivity contribution in [1.82, 2.24) is 9.97 Å². The lowest BCUT2D eigenvalue weighted by atomic mass is 10.1. The van der Waals surface area contributed by atoms with Gasteiger partial charge in [0.15, 0.2) is 0 Å². The molecule has 0 fully saturated rings. The normalized spacial score (nSPS) is 10.4. The van der Waals surface area contributed by atoms with Crippen LogP contribution in [0.4, 0.5) is 28.7 Å². The van der Waals surface area contributed by atoms with Gasteiger partial charge in [-0.2, -0.15) is 0 Å². The van der Waals surface area contributed by atoms with Crippen LogP contribution in [0.3, 0.4) is 0 Å². The predicted octanol–water partition coefficient (Wildman–Crippen LogP) is 5.09. The number of nitrogens with zero attached hydrogens (tertiary/aromatic N) is 3. The van der Waals surface area contributed by atoms with E-state index < -0.39 is 4.92 Å². The summed E-state index contributed by atoms with van der Waals surface area (Å²) in [6.45, 7) is 2.06. The van der Waals surface area contributed by atoms with Gasteiger partial charge in [-0.25, -0.2) is 9.97 Å². The minimum atomic E-state index is -0.518. The van der Waals surface area contributed by atoms with Crippen molar-refractivity contribution in [3.05, 3.63) is 75.6 Å². The molecule has 0 saturated heterocycles. The molecule has 26 heavy (non-hydrogen) atoms. The average molecular weight is 370 g/mol. The van der Waals surface area contributed by atoms with E-state index in [9.17, 15) is 10.1 Å². The largest absolute Gasteiger partial charge is 0.353 e. The molecule has 1 aromatic heterocycles. The van der Waals surface area contributed by atoms with Crippen molar-refractivity contribution in [1.29, 1.82) is 0 Å². The lowest BCUT2D eigenvalue weighted by Crippen LogP contribution is -2.05. The SMILES string of the molecule is CCc1ccc(Nc2ncnc(Nc3cccc(Cl)c3)c2[N+](=O)[O-])cc1. The zero-order valence-corrected chi connectivity index (χ0v) is 14.7. The number of benzene rings is 2. The maximum absolute atomic E-state index is 11.6. The van der Waals surface area contributed by atoms with Gasteiger partial charge < -0.3 is 10.6 Å². The number of rotatable bonds is 6. The van der Waals surface area contributed by atoms with E-state index in [1.807, 2.05) is 24.3 Å². The van der Waals surface area contributed by atoms with Crippen molar-refractivity contribution < 1.29 is 4.92 Å². The van der Waals surface area contributed by atoms with Gasteiger partial charge in [-0.1, -0.05) is 36.7 Å². The molecule has 0 unspecified atom stereocenters. The third-order valence-corrected chi connectivity index (χ3v) is 3.95. The van der Waals surface area contributed by atoms with Crippen LogP contribution in [0, 0.1) is 10.1 Å². The molecule has 3 aromatic rings. The molecule has 0 bridgehead atoms. The second kappa shape index (κ2) is 7.79. The Morgan fingerprint density at radius 1 is 1.04 bits per heavy atom. The van der Waals surface area contributed by atoms with Gasteiger partial charge >= 0.3 is 5.69 Å². The first-order chi connectivity index (χ1) is 12.6. The van der Waals surface area contributed by atoms with Gasteiger partial charge in [0, 0.05) is 16.4 Å². The highest BCUT2D eigenvalue weighted by atomic mass is 35.5. The lowest BCUT2D eigenvalue weighted by Gasteiger charge is -2.10. The summed E-state index contributed by atoms with van der Waals surface area (Å²) in [6.07, 6.45) is 2.18. The molecule has 8 heteroatoms. The molecule has 0 aliphatic heterocycles. The summed E-state index contributed by atoms with van der Waals surface area (Å²) >= 11 is 5.96. The van der Waals surface area contributed by atoms with Crippen molar-refractivity contribution in [2.75, 3.05) is 10.6 Å². The minimum Gasteiger partial charge on any atom is -0.334 e. The average Bonchev–Trinajstić information content (AvgIpc) is 2.62. The summed E-state index contributed by atoms with van der Waals surface area (Å²) in [5, 5.41) is 18.0. The van der Waals surface area contributed by atoms with E-state index in [1.54, 1.807) is 24.3 Å². The molecule has 0 amide bonds. The maximum atomic E-state index is 11.6. The smallest absolute Gasteiger partial charge is 0.334 e. The molecular formula is C18H16ClN5O2. The first kappa shape index (κ1) is 17.6. The molecule has 0 atom stereocenters. The summed E-state index contributed by atoms with van der Waals surface area (Å²) in [6, 6.07) is 14.5. The molecule has 2 N–H and O–H groups in total. The fourth-order valence-electron chi connectivity index (χ4n) is 2.40. The first-order valence-corrected chi connectivity index (χ1v) is 8.32. The fourth-order valence-corrected chi connectivity index (χ4v) is 2.59. The van der Waals surface area contributed by atoms with Crippen LogP contribution in [0.15, 0.2) is 54.9 Å². The maximum Gasteiger partial charge on any atom is 0.353 e. The highest BCUT2D eigenvalue weighted by molar-refractivity contribution is 6.30. The molecule has 0 radical (unpaired) electrons. The molecule has 132 valence electrons. The molecule has 0 aliphatic carbocycles. The molecule has 0 saturated carbocycles. The second-order valence-electron chi connectivity index (χ2n) is 5.49. The van der Waals surface area contributed by atoms with Crippen LogP contribution in [-0.2, 0) is 6.42 Å². The second-order valence-corrected chi connectivity index (χ2v) is 5.92. The summed E-state index contributed by atoms with van der Waals surface area (Å²) in [5.74, 6) is 0.193. The molecule has 7 nitrogen and oxygen atoms in total. The number of nitro groups is 1. The Kier molecular flexibility index (Phi) is 5.28. The van der Waals surface area contributed by atoms with Crippen molar-refractivity contribution in [3.63, 3.8) is 0 Å². The number of aromatic nitrogens is 2. The number of aryl methyl sites for hydroxylation is 1. The monoisotopic (exact) mass is 369 g/mol. The molecule has 1 heterocycles. The van der Waals surface area contributed by atoms with E-state index in [-0.39, 0.29) is 17.3 Å². The Morgan fingerprint density at radius 2 is 1.69 bits per heavy atom. The van der Waals surface area contributed by atoms with Crippen molar-refractivity contribution >= 4 is 40.3 Å². The van der Waals surface area contributed by atoms with Crippen molar-refractivity contribution in [2.24, 2.45) is 0 Å². The fraction of sp³-hybridized carbons (Fsp3) is 0.111. The third kappa shape index (κ3) is 4.07. The van der Waals surface area contributed by atoms with E-state index in [0.717, 1.165) is 6.42 Å². The summed E-state index contributed by atoms with van der Waals surface area (Å²) in [7, 11) is 0. The van der Waals surface area contributed by atoms with E-state index in [0.29, 0.717) is 16.4 Å². The van der Waals surface area contributed by atoms with Gasteiger partial charge in [-0.05, 0) is 42.3 Å². The highest BCUT2D eigenvalue weighted by Crippen LogP contribution is 2.33. The molecular weight excluding hydrogens is 354 g/mol. The quantitative estimate of drug-likeness (QED) is 0.464. The Morgan fingerprint density at radius 3 is 2.27 bits per heavy atom. The summed E-state index contributed by atoms with van der Waals surface area (Å²) in [4.78, 5) is 19.1. The summed E-state index contributed by atoms with van der Waals surface area (Å²) in [5.41, 5.74) is 2.23. The van der Waals surface area contributed by atoms with E-state index in [4.69, 9.17) is 11.6 Å². The number of anilines is 4. The standard InChI is InChI=1S/C18H16ClN5O2/c1-2-12-6-8-14(9-7-12)22-17-16(24(25)26)18(21-11-20-17)23-15-5-3-4-13(19)10-15/h3-11H,2H2,1H3,(H2,20,21,22,23). The zero-order valence-electron chi connectivity index (χ0n) is 13.9. The van der Waals surface area contributed by atoms with Crippen LogP contribution in [-0.4, -0.2) is 14.9 Å². The summed E-state index contributed by atoms with van der Waals surface area (Å²) < 4.78 is 0. The Balaban J connectivity index is 1.93. The molecule has 2 aromatic carbocycles. The Bertz CT molecular complexity index is 931. The topological polar surface area (TPSA) is 93.0 Å². The van der Waals surface area contributed by atoms with Crippen LogP contribution in [0.5, 0.6) is 0 Å². The van der Waals surface area contributed by atoms with Gasteiger partial charge in [0.1, 0.15) is 6.33 Å². The Labute approximate surface area is 155 Å². The first-order valence-electron chi connectivity index (χ1n) is 7.94. The molecule has 3 rings (SSSR count). The van der Waals surface area contributed by atoms with E-state index in [1.165, 1.54) is 11.9 Å². The number of halogens is 1. The lowest BCUT2D eigenvalue weighted by molar-refractivity contribution is -0.383.